The number of carbonyl (C=O) groups is 1. The van der Waals surface area contributed by atoms with Gasteiger partial charge in [0.2, 0.25) is 0 Å². The highest BCUT2D eigenvalue weighted by atomic mass is 16.5. The first kappa shape index (κ1) is 17.2. The van der Waals surface area contributed by atoms with Gasteiger partial charge in [-0.1, -0.05) is 13.8 Å². The van der Waals surface area contributed by atoms with Crippen LogP contribution in [0.5, 0.6) is 0 Å². The zero-order chi connectivity index (χ0) is 15.5. The van der Waals surface area contributed by atoms with Crippen molar-refractivity contribution in [3.63, 3.8) is 0 Å². The molecular formula is C15H26N4O2. The second kappa shape index (κ2) is 9.96. The zero-order valence-electron chi connectivity index (χ0n) is 13.2. The molecule has 1 rings (SSSR count). The van der Waals surface area contributed by atoms with Crippen molar-refractivity contribution in [2.75, 3.05) is 30.3 Å². The van der Waals surface area contributed by atoms with E-state index < -0.39 is 0 Å². The van der Waals surface area contributed by atoms with Crippen molar-refractivity contribution < 1.29 is 9.53 Å². The van der Waals surface area contributed by atoms with Gasteiger partial charge in [0, 0.05) is 25.1 Å². The molecule has 118 valence electrons. The van der Waals surface area contributed by atoms with Crippen molar-refractivity contribution in [1.82, 2.24) is 9.97 Å². The monoisotopic (exact) mass is 294 g/mol. The van der Waals surface area contributed by atoms with Gasteiger partial charge < -0.3 is 15.4 Å². The molecule has 6 nitrogen and oxygen atoms in total. The molecule has 0 saturated heterocycles. The third-order valence-electron chi connectivity index (χ3n) is 3.00. The average molecular weight is 294 g/mol. The van der Waals surface area contributed by atoms with Crippen LogP contribution in [0.2, 0.25) is 0 Å². The molecule has 1 aromatic rings. The van der Waals surface area contributed by atoms with Crippen LogP contribution in [0.15, 0.2) is 6.33 Å². The highest BCUT2D eigenvalue weighted by Crippen LogP contribution is 2.20. The maximum Gasteiger partial charge on any atom is 0.305 e. The Kier molecular flexibility index (Phi) is 8.16. The highest BCUT2D eigenvalue weighted by molar-refractivity contribution is 5.69. The van der Waals surface area contributed by atoms with Crippen LogP contribution >= 0.6 is 0 Å². The number of ether oxygens (including phenoxy) is 1. The van der Waals surface area contributed by atoms with E-state index in [1.54, 1.807) is 6.33 Å². The number of anilines is 2. The fourth-order valence-electron chi connectivity index (χ4n) is 1.97. The smallest absolute Gasteiger partial charge is 0.305 e. The Morgan fingerprint density at radius 3 is 2.38 bits per heavy atom. The van der Waals surface area contributed by atoms with Crippen LogP contribution in [0.1, 0.15) is 45.6 Å². The summed E-state index contributed by atoms with van der Waals surface area (Å²) in [7, 11) is 0. The first-order valence-electron chi connectivity index (χ1n) is 7.70. The molecule has 0 unspecified atom stereocenters. The maximum absolute atomic E-state index is 11.3. The van der Waals surface area contributed by atoms with Crippen molar-refractivity contribution in [2.45, 2.75) is 46.5 Å². The van der Waals surface area contributed by atoms with Gasteiger partial charge in [0.25, 0.3) is 0 Å². The molecule has 0 amide bonds. The van der Waals surface area contributed by atoms with Gasteiger partial charge in [-0.15, -0.1) is 0 Å². The van der Waals surface area contributed by atoms with Gasteiger partial charge in [0.05, 0.1) is 6.61 Å². The molecule has 0 aliphatic heterocycles. The summed E-state index contributed by atoms with van der Waals surface area (Å²) < 4.78 is 4.90. The summed E-state index contributed by atoms with van der Waals surface area (Å²) in [6.07, 6.45) is 4.62. The van der Waals surface area contributed by atoms with Crippen LogP contribution in [-0.2, 0) is 16.0 Å². The van der Waals surface area contributed by atoms with Gasteiger partial charge in [-0.05, 0) is 26.2 Å². The number of nitrogens with one attached hydrogen (secondary N) is 2. The van der Waals surface area contributed by atoms with E-state index in [9.17, 15) is 4.79 Å². The van der Waals surface area contributed by atoms with E-state index in [4.69, 9.17) is 4.74 Å². The molecule has 2 N–H and O–H groups in total. The molecule has 1 aromatic heterocycles. The minimum Gasteiger partial charge on any atom is -0.466 e. The lowest BCUT2D eigenvalue weighted by Crippen LogP contribution is -2.12. The molecule has 0 atom stereocenters. The van der Waals surface area contributed by atoms with Gasteiger partial charge >= 0.3 is 5.97 Å². The van der Waals surface area contributed by atoms with Crippen LogP contribution in [-0.4, -0.2) is 35.6 Å². The summed E-state index contributed by atoms with van der Waals surface area (Å²) in [5, 5.41) is 6.59. The van der Waals surface area contributed by atoms with Gasteiger partial charge in [-0.3, -0.25) is 4.79 Å². The van der Waals surface area contributed by atoms with E-state index in [1.165, 1.54) is 0 Å². The second-order valence-electron chi connectivity index (χ2n) is 4.67. The molecule has 21 heavy (non-hydrogen) atoms. The molecule has 0 radical (unpaired) electrons. The molecule has 0 aromatic carbocycles. The normalized spacial score (nSPS) is 10.2. The Morgan fingerprint density at radius 2 is 1.81 bits per heavy atom. The molecule has 1 heterocycles. The molecule has 0 saturated carbocycles. The van der Waals surface area contributed by atoms with Crippen molar-refractivity contribution in [3.05, 3.63) is 11.9 Å². The minimum atomic E-state index is -0.150. The Morgan fingerprint density at radius 1 is 1.14 bits per heavy atom. The Labute approximate surface area is 126 Å². The van der Waals surface area contributed by atoms with Crippen LogP contribution in [0, 0.1) is 0 Å². The highest BCUT2D eigenvalue weighted by Gasteiger charge is 2.09. The topological polar surface area (TPSA) is 76.1 Å². The van der Waals surface area contributed by atoms with Crippen LogP contribution in [0.3, 0.4) is 0 Å². The van der Waals surface area contributed by atoms with Crippen molar-refractivity contribution in [2.24, 2.45) is 0 Å². The number of esters is 1. The summed E-state index contributed by atoms with van der Waals surface area (Å²) in [5.41, 5.74) is 1.09. The standard InChI is InChI=1S/C15H26N4O2/c1-4-9-16-14-12(5-2)15(19-11-18-14)17-10-7-8-13(20)21-6-3/h11H,4-10H2,1-3H3,(H2,16,17,18,19). The minimum absolute atomic E-state index is 0.150. The molecular weight excluding hydrogens is 268 g/mol. The Hall–Kier alpha value is -1.85. The Bertz CT molecular complexity index is 438. The quantitative estimate of drug-likeness (QED) is 0.510. The van der Waals surface area contributed by atoms with E-state index in [0.717, 1.165) is 43.0 Å². The van der Waals surface area contributed by atoms with Crippen LogP contribution in [0.25, 0.3) is 0 Å². The number of hydrogen-bond acceptors (Lipinski definition) is 6. The second-order valence-corrected chi connectivity index (χ2v) is 4.67. The van der Waals surface area contributed by atoms with Crippen molar-refractivity contribution in [3.8, 4) is 0 Å². The number of nitrogens with zero attached hydrogens (tertiary/aromatic N) is 2. The van der Waals surface area contributed by atoms with Crippen molar-refractivity contribution >= 4 is 17.6 Å². The Balaban J connectivity index is 2.52. The number of rotatable bonds is 10. The van der Waals surface area contributed by atoms with E-state index in [0.29, 0.717) is 19.6 Å². The summed E-state index contributed by atoms with van der Waals surface area (Å²) in [6.45, 7) is 8.04. The molecule has 0 aliphatic rings. The molecule has 0 bridgehead atoms. The van der Waals surface area contributed by atoms with Crippen molar-refractivity contribution in [1.29, 1.82) is 0 Å². The van der Waals surface area contributed by atoms with Gasteiger partial charge in [-0.2, -0.15) is 0 Å². The van der Waals surface area contributed by atoms with E-state index in [-0.39, 0.29) is 5.97 Å². The number of aromatic nitrogens is 2. The van der Waals surface area contributed by atoms with E-state index >= 15 is 0 Å². The largest absolute Gasteiger partial charge is 0.466 e. The summed E-state index contributed by atoms with van der Waals surface area (Å²) in [5.74, 6) is 1.58. The molecule has 0 aliphatic carbocycles. The van der Waals surface area contributed by atoms with Crippen LogP contribution in [0.4, 0.5) is 11.6 Å². The lowest BCUT2D eigenvalue weighted by atomic mass is 10.2. The molecule has 0 fully saturated rings. The lowest BCUT2D eigenvalue weighted by molar-refractivity contribution is -0.143. The molecule has 6 heteroatoms. The third-order valence-corrected chi connectivity index (χ3v) is 3.00. The fraction of sp³-hybridized carbons (Fsp3) is 0.667. The predicted octanol–water partition coefficient (Wildman–Crippen LogP) is 2.62. The van der Waals surface area contributed by atoms with Gasteiger partial charge in [0.15, 0.2) is 0 Å². The first-order chi connectivity index (χ1) is 10.2. The average Bonchev–Trinajstić information content (AvgIpc) is 2.49. The summed E-state index contributed by atoms with van der Waals surface area (Å²) in [6, 6.07) is 0. The van der Waals surface area contributed by atoms with Gasteiger partial charge in [0.1, 0.15) is 18.0 Å². The SMILES string of the molecule is CCCNc1ncnc(NCCCC(=O)OCC)c1CC. The maximum atomic E-state index is 11.3. The van der Waals surface area contributed by atoms with Crippen LogP contribution < -0.4 is 10.6 Å². The molecule has 0 spiro atoms. The summed E-state index contributed by atoms with van der Waals surface area (Å²) >= 11 is 0. The summed E-state index contributed by atoms with van der Waals surface area (Å²) in [4.78, 5) is 19.8. The van der Waals surface area contributed by atoms with E-state index in [2.05, 4.69) is 34.4 Å². The number of hydrogen-bond donors (Lipinski definition) is 2. The first-order valence-corrected chi connectivity index (χ1v) is 7.70. The number of carbonyl (C=O) groups excluding carboxylic acids is 1. The third kappa shape index (κ3) is 5.97. The lowest BCUT2D eigenvalue weighted by Gasteiger charge is -2.14. The fourth-order valence-corrected chi connectivity index (χ4v) is 1.97. The predicted molar refractivity (Wildman–Crippen MR) is 84.5 cm³/mol. The zero-order valence-corrected chi connectivity index (χ0v) is 13.2. The van der Waals surface area contributed by atoms with Gasteiger partial charge in [-0.25, -0.2) is 9.97 Å². The van der Waals surface area contributed by atoms with E-state index in [1.807, 2.05) is 6.92 Å².